The first-order valence-electron chi connectivity index (χ1n) is 1.73. The number of rotatable bonds is 2. The summed E-state index contributed by atoms with van der Waals surface area (Å²) in [5.41, 5.74) is 2.56. The van der Waals surface area contributed by atoms with Crippen LogP contribution in [0.15, 0.2) is 5.10 Å². The highest BCUT2D eigenvalue weighted by atomic mass is 32.2. The molecule has 0 heterocycles. The number of nitrogens with one attached hydrogen (secondary N) is 1. The molecule has 0 aromatic heterocycles. The van der Waals surface area contributed by atoms with Crippen LogP contribution in [0, 0.1) is 0 Å². The Morgan fingerprint density at radius 1 is 1.75 bits per heavy atom. The molecule has 0 aliphatic carbocycles. The molecule has 48 valence electrons. The number of hydrogen-bond acceptors (Lipinski definition) is 4. The molecule has 0 aliphatic heterocycles. The molecule has 0 aromatic rings. The summed E-state index contributed by atoms with van der Waals surface area (Å²) in [4.78, 5) is 0. The van der Waals surface area contributed by atoms with Crippen molar-refractivity contribution in [3.8, 4) is 0 Å². The lowest BCUT2D eigenvalue weighted by Crippen LogP contribution is -2.02. The monoisotopic (exact) mass is 138 g/mol. The second-order valence-corrected chi connectivity index (χ2v) is 2.21. The molecular weight excluding hydrogens is 132 g/mol. The molecule has 0 aromatic carbocycles. The Bertz CT molecular complexity index is 170. The molecule has 5 nitrogen and oxygen atoms in total. The van der Waals surface area contributed by atoms with Crippen LogP contribution < -0.4 is 5.43 Å². The van der Waals surface area contributed by atoms with Gasteiger partial charge in [0.2, 0.25) is 0 Å². The second-order valence-electron chi connectivity index (χ2n) is 0.973. The topological polar surface area (TPSA) is 78.8 Å². The Kier molecular flexibility index (Phi) is 2.43. The Hall–Kier alpha value is -0.620. The van der Waals surface area contributed by atoms with Crippen molar-refractivity contribution < 1.29 is 13.0 Å². The predicted molar refractivity (Wildman–Crippen MR) is 29.1 cm³/mol. The van der Waals surface area contributed by atoms with Gasteiger partial charge in [-0.3, -0.25) is 4.55 Å². The van der Waals surface area contributed by atoms with Gasteiger partial charge in [-0.05, 0) is 0 Å². The molecule has 0 saturated heterocycles. The third-order valence-corrected chi connectivity index (χ3v) is 0.687. The van der Waals surface area contributed by atoms with Crippen molar-refractivity contribution in [2.45, 2.75) is 0 Å². The zero-order valence-corrected chi connectivity index (χ0v) is 5.01. The zero-order valence-electron chi connectivity index (χ0n) is 4.20. The molecule has 0 atom stereocenters. The highest BCUT2D eigenvalue weighted by Crippen LogP contribution is 1.69. The van der Waals surface area contributed by atoms with E-state index in [4.69, 9.17) is 4.55 Å². The lowest BCUT2D eigenvalue weighted by atomic mass is 11.5. The van der Waals surface area contributed by atoms with Crippen LogP contribution in [0.5, 0.6) is 0 Å². The minimum atomic E-state index is -4.04. The van der Waals surface area contributed by atoms with Gasteiger partial charge in [-0.1, -0.05) is 0 Å². The summed E-state index contributed by atoms with van der Waals surface area (Å²) in [6.07, 6.45) is 0. The summed E-state index contributed by atoms with van der Waals surface area (Å²) in [7, 11) is -2.62. The fourth-order valence-corrected chi connectivity index (χ4v) is 0.358. The smallest absolute Gasteiger partial charge is 0.306 e. The van der Waals surface area contributed by atoms with Crippen LogP contribution in [0.1, 0.15) is 0 Å². The SMILES string of the molecule is CNN=CS(=O)(=O)O. The molecule has 6 heteroatoms. The van der Waals surface area contributed by atoms with Crippen LogP contribution in [0.4, 0.5) is 0 Å². The van der Waals surface area contributed by atoms with Gasteiger partial charge in [0.25, 0.3) is 0 Å². The molecule has 0 radical (unpaired) electrons. The Morgan fingerprint density at radius 2 is 2.25 bits per heavy atom. The summed E-state index contributed by atoms with van der Waals surface area (Å²) in [6.45, 7) is 0. The summed E-state index contributed by atoms with van der Waals surface area (Å²) >= 11 is 0. The van der Waals surface area contributed by atoms with Crippen LogP contribution in [0.25, 0.3) is 0 Å². The van der Waals surface area contributed by atoms with Gasteiger partial charge < -0.3 is 5.43 Å². The van der Waals surface area contributed by atoms with Crippen LogP contribution in [0.3, 0.4) is 0 Å². The number of hydrazone groups is 1. The molecule has 8 heavy (non-hydrogen) atoms. The predicted octanol–water partition coefficient (Wildman–Crippen LogP) is -0.963. The molecule has 0 saturated carbocycles. The van der Waals surface area contributed by atoms with Crippen LogP contribution in [0.2, 0.25) is 0 Å². The van der Waals surface area contributed by atoms with Crippen molar-refractivity contribution in [1.82, 2.24) is 5.43 Å². The highest BCUT2D eigenvalue weighted by Gasteiger charge is 1.93. The lowest BCUT2D eigenvalue weighted by molar-refractivity contribution is 0.499. The van der Waals surface area contributed by atoms with Crippen LogP contribution >= 0.6 is 0 Å². The van der Waals surface area contributed by atoms with Crippen LogP contribution in [-0.4, -0.2) is 25.6 Å². The molecule has 0 bridgehead atoms. The van der Waals surface area contributed by atoms with Crippen LogP contribution in [-0.2, 0) is 10.1 Å². The average Bonchev–Trinajstić information content (AvgIpc) is 1.59. The third-order valence-electron chi connectivity index (χ3n) is 0.315. The maximum Gasteiger partial charge on any atom is 0.306 e. The summed E-state index contributed by atoms with van der Waals surface area (Å²) in [5.74, 6) is 0. The normalized spacial score (nSPS) is 12.2. The Labute approximate surface area is 47.1 Å². The standard InChI is InChI=1S/C2H6N2O3S/c1-3-4-2-8(5,6)7/h2-3H,1H3,(H,5,6,7). The molecule has 2 N–H and O–H groups in total. The van der Waals surface area contributed by atoms with E-state index in [0.717, 1.165) is 0 Å². The van der Waals surface area contributed by atoms with Gasteiger partial charge in [0.1, 0.15) is 0 Å². The lowest BCUT2D eigenvalue weighted by Gasteiger charge is -1.82. The van der Waals surface area contributed by atoms with E-state index in [1.54, 1.807) is 0 Å². The van der Waals surface area contributed by atoms with E-state index in [2.05, 4.69) is 10.5 Å². The Morgan fingerprint density at radius 3 is 2.38 bits per heavy atom. The highest BCUT2D eigenvalue weighted by molar-refractivity contribution is 7.99. The maximum atomic E-state index is 9.76. The molecule has 0 fully saturated rings. The molecule has 0 amide bonds. The number of nitrogens with zero attached hydrogens (tertiary/aromatic N) is 1. The minimum absolute atomic E-state index is 0.410. The van der Waals surface area contributed by atoms with Gasteiger partial charge in [0.05, 0.1) is 0 Å². The number of hydrogen-bond donors (Lipinski definition) is 2. The first kappa shape index (κ1) is 7.38. The van der Waals surface area contributed by atoms with E-state index in [9.17, 15) is 8.42 Å². The second kappa shape index (κ2) is 2.63. The summed E-state index contributed by atoms with van der Waals surface area (Å²) in [5, 5.41) is 3.03. The Balaban J connectivity index is 3.92. The first-order chi connectivity index (χ1) is 3.56. The fraction of sp³-hybridized carbons (Fsp3) is 0.500. The largest absolute Gasteiger partial charge is 0.312 e. The average molecular weight is 138 g/mol. The van der Waals surface area contributed by atoms with Crippen molar-refractivity contribution in [3.63, 3.8) is 0 Å². The van der Waals surface area contributed by atoms with Gasteiger partial charge in [0.15, 0.2) is 5.55 Å². The first-order valence-corrected chi connectivity index (χ1v) is 3.24. The molecule has 0 rings (SSSR count). The van der Waals surface area contributed by atoms with Crippen molar-refractivity contribution >= 4 is 15.7 Å². The molecule has 0 spiro atoms. The summed E-state index contributed by atoms with van der Waals surface area (Å²) in [6, 6.07) is 0. The van der Waals surface area contributed by atoms with E-state index in [1.807, 2.05) is 0 Å². The van der Waals surface area contributed by atoms with Gasteiger partial charge in [0, 0.05) is 7.05 Å². The molecular formula is C2H6N2O3S. The zero-order chi connectivity index (χ0) is 6.62. The quantitative estimate of drug-likeness (QED) is 0.223. The molecule has 0 aliphatic rings. The minimum Gasteiger partial charge on any atom is -0.312 e. The van der Waals surface area contributed by atoms with E-state index >= 15 is 0 Å². The third kappa shape index (κ3) is 5.38. The van der Waals surface area contributed by atoms with Crippen molar-refractivity contribution in [2.24, 2.45) is 5.10 Å². The van der Waals surface area contributed by atoms with Gasteiger partial charge in [-0.15, -0.1) is 0 Å². The summed E-state index contributed by atoms with van der Waals surface area (Å²) < 4.78 is 27.4. The van der Waals surface area contributed by atoms with E-state index < -0.39 is 10.1 Å². The van der Waals surface area contributed by atoms with Crippen molar-refractivity contribution in [2.75, 3.05) is 7.05 Å². The van der Waals surface area contributed by atoms with Gasteiger partial charge in [-0.2, -0.15) is 13.5 Å². The van der Waals surface area contributed by atoms with Crippen molar-refractivity contribution in [3.05, 3.63) is 0 Å². The van der Waals surface area contributed by atoms with Crippen molar-refractivity contribution in [1.29, 1.82) is 0 Å². The van der Waals surface area contributed by atoms with E-state index in [0.29, 0.717) is 5.55 Å². The van der Waals surface area contributed by atoms with Gasteiger partial charge >= 0.3 is 10.1 Å². The maximum absolute atomic E-state index is 9.76. The molecule has 0 unspecified atom stereocenters. The van der Waals surface area contributed by atoms with E-state index in [-0.39, 0.29) is 0 Å². The fourth-order valence-electron chi connectivity index (χ4n) is 0.119. The van der Waals surface area contributed by atoms with E-state index in [1.165, 1.54) is 7.05 Å². The van der Waals surface area contributed by atoms with Gasteiger partial charge in [-0.25, -0.2) is 0 Å².